The van der Waals surface area contributed by atoms with Crippen molar-refractivity contribution in [3.05, 3.63) is 32.3 Å². The second-order valence-corrected chi connectivity index (χ2v) is 4.68. The third kappa shape index (κ3) is 1.97. The summed E-state index contributed by atoms with van der Waals surface area (Å²) in [7, 11) is 0. The molecule has 0 saturated heterocycles. The summed E-state index contributed by atoms with van der Waals surface area (Å²) in [5.74, 6) is -0.973. The first kappa shape index (κ1) is 12.6. The molecule has 1 N–H and O–H groups in total. The second kappa shape index (κ2) is 4.77. The van der Waals surface area contributed by atoms with E-state index in [4.69, 9.17) is 5.11 Å². The van der Waals surface area contributed by atoms with Crippen molar-refractivity contribution in [2.45, 2.75) is 26.4 Å². The van der Waals surface area contributed by atoms with Gasteiger partial charge in [-0.25, -0.2) is 4.79 Å². The summed E-state index contributed by atoms with van der Waals surface area (Å²) in [6.45, 7) is 2.06. The van der Waals surface area contributed by atoms with Crippen LogP contribution >= 0.6 is 11.3 Å². The molecule has 0 amide bonds. The van der Waals surface area contributed by atoms with E-state index in [2.05, 4.69) is 0 Å². The quantitative estimate of drug-likeness (QED) is 0.885. The van der Waals surface area contributed by atoms with Crippen LogP contribution < -0.4 is 11.2 Å². The average molecular weight is 268 g/mol. The third-order valence-electron chi connectivity index (χ3n) is 2.70. The number of fused-ring (bicyclic) bond motifs is 1. The maximum atomic E-state index is 12.1. The van der Waals surface area contributed by atoms with Crippen molar-refractivity contribution in [2.75, 3.05) is 0 Å². The van der Waals surface area contributed by atoms with Gasteiger partial charge in [0.05, 0.1) is 11.9 Å². The van der Waals surface area contributed by atoms with Crippen LogP contribution in [0, 0.1) is 0 Å². The Morgan fingerprint density at radius 3 is 2.72 bits per heavy atom. The predicted molar refractivity (Wildman–Crippen MR) is 68.3 cm³/mol. The molecule has 0 aliphatic heterocycles. The molecule has 0 atom stereocenters. The minimum atomic E-state index is -0.973. The summed E-state index contributed by atoms with van der Waals surface area (Å²) in [5.41, 5.74) is -0.241. The van der Waals surface area contributed by atoms with E-state index in [1.165, 1.54) is 15.9 Å². The molecule has 2 heterocycles. The van der Waals surface area contributed by atoms with Crippen molar-refractivity contribution in [3.8, 4) is 0 Å². The van der Waals surface area contributed by atoms with Crippen LogP contribution in [0.5, 0.6) is 0 Å². The van der Waals surface area contributed by atoms with Gasteiger partial charge < -0.3 is 5.11 Å². The Morgan fingerprint density at radius 2 is 2.11 bits per heavy atom. The Bertz CT molecular complexity index is 710. The predicted octanol–water partition coefficient (Wildman–Crippen LogP) is 0.719. The zero-order valence-corrected chi connectivity index (χ0v) is 10.6. The number of carboxylic acids is 1. The van der Waals surface area contributed by atoms with Crippen molar-refractivity contribution >= 4 is 27.5 Å². The van der Waals surface area contributed by atoms with Gasteiger partial charge in [0.1, 0.15) is 4.70 Å². The highest BCUT2D eigenvalue weighted by Crippen LogP contribution is 2.15. The van der Waals surface area contributed by atoms with Crippen molar-refractivity contribution in [2.24, 2.45) is 0 Å². The van der Waals surface area contributed by atoms with Gasteiger partial charge in [0.2, 0.25) is 0 Å². The van der Waals surface area contributed by atoms with Gasteiger partial charge in [-0.05, 0) is 18.4 Å². The number of aliphatic carboxylic acids is 1. The molecule has 18 heavy (non-hydrogen) atoms. The Labute approximate surface area is 106 Å². The van der Waals surface area contributed by atoms with Crippen molar-refractivity contribution in [1.82, 2.24) is 9.13 Å². The lowest BCUT2D eigenvalue weighted by atomic mass is 10.4. The van der Waals surface area contributed by atoms with Gasteiger partial charge in [-0.15, -0.1) is 11.3 Å². The molecular weight excluding hydrogens is 256 g/mol. The molecule has 0 fully saturated rings. The number of carbonyl (C=O) groups is 1. The van der Waals surface area contributed by atoms with E-state index in [0.29, 0.717) is 10.2 Å². The Morgan fingerprint density at radius 1 is 1.39 bits per heavy atom. The molecule has 0 unspecified atom stereocenters. The second-order valence-electron chi connectivity index (χ2n) is 3.76. The SMILES string of the molecule is CCn1c(=O)c2sccc2n(CCC(=O)O)c1=O. The number of nitrogens with zero attached hydrogens (tertiary/aromatic N) is 2. The summed E-state index contributed by atoms with van der Waals surface area (Å²) in [6, 6.07) is 1.67. The number of carboxylic acid groups (broad SMARTS) is 1. The molecule has 2 aromatic heterocycles. The van der Waals surface area contributed by atoms with Crippen LogP contribution in [0.2, 0.25) is 0 Å². The fraction of sp³-hybridized carbons (Fsp3) is 0.364. The van der Waals surface area contributed by atoms with Gasteiger partial charge in [-0.1, -0.05) is 0 Å². The molecule has 7 heteroatoms. The minimum absolute atomic E-state index is 0.0711. The van der Waals surface area contributed by atoms with Gasteiger partial charge in [0.15, 0.2) is 0 Å². The normalized spacial score (nSPS) is 10.9. The highest BCUT2D eigenvalue weighted by molar-refractivity contribution is 7.17. The summed E-state index contributed by atoms with van der Waals surface area (Å²) in [5, 5.41) is 10.4. The zero-order valence-electron chi connectivity index (χ0n) is 9.75. The van der Waals surface area contributed by atoms with Crippen LogP contribution in [0.4, 0.5) is 0 Å². The highest BCUT2D eigenvalue weighted by atomic mass is 32.1. The standard InChI is InChI=1S/C11H12N2O4S/c1-2-12-10(16)9-7(4-6-18-9)13(11(12)17)5-3-8(14)15/h4,6H,2-3,5H2,1H3,(H,14,15). The molecule has 0 aromatic carbocycles. The molecular formula is C11H12N2O4S. The largest absolute Gasteiger partial charge is 0.481 e. The number of hydrogen-bond acceptors (Lipinski definition) is 4. The van der Waals surface area contributed by atoms with Gasteiger partial charge in [-0.3, -0.25) is 18.7 Å². The van der Waals surface area contributed by atoms with E-state index in [9.17, 15) is 14.4 Å². The summed E-state index contributed by atoms with van der Waals surface area (Å²) < 4.78 is 2.97. The summed E-state index contributed by atoms with van der Waals surface area (Å²) >= 11 is 1.26. The highest BCUT2D eigenvalue weighted by Gasteiger charge is 2.13. The van der Waals surface area contributed by atoms with E-state index in [1.54, 1.807) is 18.4 Å². The number of aryl methyl sites for hydroxylation is 1. The third-order valence-corrected chi connectivity index (χ3v) is 3.59. The first-order valence-electron chi connectivity index (χ1n) is 5.49. The van der Waals surface area contributed by atoms with E-state index in [-0.39, 0.29) is 25.1 Å². The molecule has 0 saturated carbocycles. The maximum absolute atomic E-state index is 12.1. The topological polar surface area (TPSA) is 81.3 Å². The minimum Gasteiger partial charge on any atom is -0.481 e. The average Bonchev–Trinajstić information content (AvgIpc) is 2.78. The van der Waals surface area contributed by atoms with Crippen molar-refractivity contribution in [1.29, 1.82) is 0 Å². The molecule has 6 nitrogen and oxygen atoms in total. The summed E-state index contributed by atoms with van der Waals surface area (Å²) in [4.78, 5) is 34.7. The van der Waals surface area contributed by atoms with Crippen LogP contribution in [-0.2, 0) is 17.9 Å². The molecule has 96 valence electrons. The molecule has 2 rings (SSSR count). The fourth-order valence-corrected chi connectivity index (χ4v) is 2.68. The van der Waals surface area contributed by atoms with Gasteiger partial charge in [-0.2, -0.15) is 0 Å². The first-order valence-corrected chi connectivity index (χ1v) is 6.37. The monoisotopic (exact) mass is 268 g/mol. The number of hydrogen-bond donors (Lipinski definition) is 1. The lowest BCUT2D eigenvalue weighted by Gasteiger charge is -2.09. The van der Waals surface area contributed by atoms with E-state index < -0.39 is 11.7 Å². The van der Waals surface area contributed by atoms with Crippen LogP contribution in [0.3, 0.4) is 0 Å². The lowest BCUT2D eigenvalue weighted by molar-refractivity contribution is -0.137. The molecule has 0 aliphatic rings. The van der Waals surface area contributed by atoms with Crippen LogP contribution in [0.25, 0.3) is 10.2 Å². The lowest BCUT2D eigenvalue weighted by Crippen LogP contribution is -2.39. The molecule has 0 radical (unpaired) electrons. The van der Waals surface area contributed by atoms with Crippen LogP contribution in [-0.4, -0.2) is 20.2 Å². The van der Waals surface area contributed by atoms with Crippen LogP contribution in [0.15, 0.2) is 21.0 Å². The Kier molecular flexibility index (Phi) is 3.33. The Hall–Kier alpha value is -1.89. The number of rotatable bonds is 4. The molecule has 0 bridgehead atoms. The van der Waals surface area contributed by atoms with Gasteiger partial charge >= 0.3 is 11.7 Å². The van der Waals surface area contributed by atoms with Crippen molar-refractivity contribution in [3.63, 3.8) is 0 Å². The van der Waals surface area contributed by atoms with Gasteiger partial charge in [0, 0.05) is 13.1 Å². The van der Waals surface area contributed by atoms with Crippen LogP contribution in [0.1, 0.15) is 13.3 Å². The van der Waals surface area contributed by atoms with E-state index in [1.807, 2.05) is 0 Å². The molecule has 0 spiro atoms. The van der Waals surface area contributed by atoms with Crippen molar-refractivity contribution < 1.29 is 9.90 Å². The van der Waals surface area contributed by atoms with E-state index in [0.717, 1.165) is 4.57 Å². The molecule has 2 aromatic rings. The fourth-order valence-electron chi connectivity index (χ4n) is 1.84. The smallest absolute Gasteiger partial charge is 0.331 e. The molecule has 0 aliphatic carbocycles. The van der Waals surface area contributed by atoms with E-state index >= 15 is 0 Å². The Balaban J connectivity index is 2.70. The number of aromatic nitrogens is 2. The first-order chi connectivity index (χ1) is 8.56. The maximum Gasteiger partial charge on any atom is 0.331 e. The zero-order chi connectivity index (χ0) is 13.3. The van der Waals surface area contributed by atoms with Gasteiger partial charge in [0.25, 0.3) is 5.56 Å². The number of thiophene rings is 1. The summed E-state index contributed by atoms with van der Waals surface area (Å²) in [6.07, 6.45) is -0.146.